The Morgan fingerprint density at radius 3 is 2.84 bits per heavy atom. The van der Waals surface area contributed by atoms with Crippen molar-refractivity contribution in [2.75, 3.05) is 6.54 Å². The highest BCUT2D eigenvalue weighted by molar-refractivity contribution is 14.1. The molecule has 1 heterocycles. The zero-order valence-electron chi connectivity index (χ0n) is 10.6. The van der Waals surface area contributed by atoms with Gasteiger partial charge >= 0.3 is 0 Å². The summed E-state index contributed by atoms with van der Waals surface area (Å²) in [5, 5.41) is 3.43. The fourth-order valence-electron chi connectivity index (χ4n) is 1.86. The average molecular weight is 371 g/mol. The molecule has 5 heteroatoms. The molecule has 1 N–H and O–H groups in total. The van der Waals surface area contributed by atoms with Crippen LogP contribution in [0.15, 0.2) is 36.8 Å². The van der Waals surface area contributed by atoms with Gasteiger partial charge in [0.2, 0.25) is 0 Å². The zero-order chi connectivity index (χ0) is 13.7. The van der Waals surface area contributed by atoms with Crippen LogP contribution in [0.1, 0.15) is 30.6 Å². The minimum atomic E-state index is -0.221. The van der Waals surface area contributed by atoms with Crippen LogP contribution in [0, 0.1) is 9.39 Å². The third-order valence-corrected chi connectivity index (χ3v) is 3.69. The SMILES string of the molecule is CCCNC(c1cnccn1)c1ccc(F)cc1I. The summed E-state index contributed by atoms with van der Waals surface area (Å²) in [6.45, 7) is 2.98. The number of nitrogens with one attached hydrogen (secondary N) is 1. The first-order valence-electron chi connectivity index (χ1n) is 6.16. The molecule has 0 saturated carbocycles. The van der Waals surface area contributed by atoms with E-state index in [0.717, 1.165) is 27.8 Å². The second-order valence-corrected chi connectivity index (χ2v) is 5.35. The summed E-state index contributed by atoms with van der Waals surface area (Å²) in [5.41, 5.74) is 1.87. The maximum absolute atomic E-state index is 13.2. The van der Waals surface area contributed by atoms with Crippen LogP contribution in [0.3, 0.4) is 0 Å². The van der Waals surface area contributed by atoms with Gasteiger partial charge in [0.1, 0.15) is 5.82 Å². The third kappa shape index (κ3) is 3.70. The van der Waals surface area contributed by atoms with Crippen LogP contribution >= 0.6 is 22.6 Å². The molecule has 0 aliphatic carbocycles. The molecule has 2 rings (SSSR count). The molecule has 100 valence electrons. The van der Waals surface area contributed by atoms with E-state index in [0.29, 0.717) is 0 Å². The average Bonchev–Trinajstić information content (AvgIpc) is 2.42. The minimum absolute atomic E-state index is 0.0545. The Morgan fingerprint density at radius 2 is 2.21 bits per heavy atom. The van der Waals surface area contributed by atoms with E-state index in [1.54, 1.807) is 24.7 Å². The van der Waals surface area contributed by atoms with E-state index in [1.165, 1.54) is 12.1 Å². The van der Waals surface area contributed by atoms with Crippen molar-refractivity contribution >= 4 is 22.6 Å². The number of benzene rings is 1. The summed E-state index contributed by atoms with van der Waals surface area (Å²) in [4.78, 5) is 8.46. The van der Waals surface area contributed by atoms with Gasteiger partial charge in [-0.25, -0.2) is 4.39 Å². The minimum Gasteiger partial charge on any atom is -0.305 e. The van der Waals surface area contributed by atoms with Gasteiger partial charge in [-0.3, -0.25) is 9.97 Å². The summed E-state index contributed by atoms with van der Waals surface area (Å²) < 4.78 is 14.1. The van der Waals surface area contributed by atoms with Crippen LogP contribution in [0.25, 0.3) is 0 Å². The van der Waals surface area contributed by atoms with Gasteiger partial charge in [0.25, 0.3) is 0 Å². The number of aromatic nitrogens is 2. The molecule has 0 fully saturated rings. The van der Waals surface area contributed by atoms with E-state index in [4.69, 9.17) is 0 Å². The molecule has 0 saturated heterocycles. The van der Waals surface area contributed by atoms with Gasteiger partial charge in [0.15, 0.2) is 0 Å². The molecule has 0 aliphatic rings. The van der Waals surface area contributed by atoms with Gasteiger partial charge in [-0.2, -0.15) is 0 Å². The van der Waals surface area contributed by atoms with Gasteiger partial charge in [-0.05, 0) is 53.3 Å². The lowest BCUT2D eigenvalue weighted by atomic mass is 10.0. The zero-order valence-corrected chi connectivity index (χ0v) is 12.8. The van der Waals surface area contributed by atoms with Gasteiger partial charge in [-0.15, -0.1) is 0 Å². The van der Waals surface area contributed by atoms with Gasteiger partial charge in [-0.1, -0.05) is 13.0 Å². The van der Waals surface area contributed by atoms with Crippen molar-refractivity contribution in [1.82, 2.24) is 15.3 Å². The summed E-state index contributed by atoms with van der Waals surface area (Å²) in [5.74, 6) is -0.221. The highest BCUT2D eigenvalue weighted by atomic mass is 127. The van der Waals surface area contributed by atoms with Crippen molar-refractivity contribution in [3.8, 4) is 0 Å². The molecule has 1 atom stereocenters. The maximum Gasteiger partial charge on any atom is 0.124 e. The topological polar surface area (TPSA) is 37.8 Å². The van der Waals surface area contributed by atoms with Crippen molar-refractivity contribution in [2.45, 2.75) is 19.4 Å². The van der Waals surface area contributed by atoms with Crippen LogP contribution in [-0.2, 0) is 0 Å². The number of hydrogen-bond acceptors (Lipinski definition) is 3. The lowest BCUT2D eigenvalue weighted by molar-refractivity contribution is 0.578. The molecule has 1 aromatic carbocycles. The number of nitrogens with zero attached hydrogens (tertiary/aromatic N) is 2. The van der Waals surface area contributed by atoms with E-state index in [9.17, 15) is 4.39 Å². The first-order valence-corrected chi connectivity index (χ1v) is 7.24. The Morgan fingerprint density at radius 1 is 1.37 bits per heavy atom. The molecule has 0 amide bonds. The summed E-state index contributed by atoms with van der Waals surface area (Å²) >= 11 is 2.15. The summed E-state index contributed by atoms with van der Waals surface area (Å²) in [6, 6.07) is 4.77. The lowest BCUT2D eigenvalue weighted by Gasteiger charge is -2.19. The first-order chi connectivity index (χ1) is 9.22. The quantitative estimate of drug-likeness (QED) is 0.820. The van der Waals surface area contributed by atoms with E-state index in [-0.39, 0.29) is 11.9 Å². The molecule has 2 aromatic rings. The van der Waals surface area contributed by atoms with Crippen molar-refractivity contribution in [3.63, 3.8) is 0 Å². The van der Waals surface area contributed by atoms with Gasteiger partial charge in [0.05, 0.1) is 17.9 Å². The maximum atomic E-state index is 13.2. The smallest absolute Gasteiger partial charge is 0.124 e. The van der Waals surface area contributed by atoms with Crippen LogP contribution < -0.4 is 5.32 Å². The normalized spacial score (nSPS) is 12.4. The molecule has 1 aromatic heterocycles. The van der Waals surface area contributed by atoms with E-state index < -0.39 is 0 Å². The molecule has 0 aliphatic heterocycles. The van der Waals surface area contributed by atoms with Crippen LogP contribution in [0.2, 0.25) is 0 Å². The Hall–Kier alpha value is -1.08. The molecule has 0 spiro atoms. The molecule has 19 heavy (non-hydrogen) atoms. The summed E-state index contributed by atoms with van der Waals surface area (Å²) in [7, 11) is 0. The van der Waals surface area contributed by atoms with Gasteiger partial charge in [0, 0.05) is 16.0 Å². The van der Waals surface area contributed by atoms with Crippen molar-refractivity contribution < 1.29 is 4.39 Å². The fourth-order valence-corrected chi connectivity index (χ4v) is 2.65. The highest BCUT2D eigenvalue weighted by Crippen LogP contribution is 2.25. The Bertz CT molecular complexity index is 533. The first kappa shape index (κ1) is 14.3. The highest BCUT2D eigenvalue weighted by Gasteiger charge is 2.17. The van der Waals surface area contributed by atoms with Crippen molar-refractivity contribution in [3.05, 3.63) is 57.4 Å². The molecule has 0 radical (unpaired) electrons. The molecule has 3 nitrogen and oxygen atoms in total. The Kier molecular flexibility index (Phi) is 5.21. The standard InChI is InChI=1S/C14H15FIN3/c1-2-5-19-14(13-9-17-6-7-18-13)11-4-3-10(15)8-12(11)16/h3-4,6-9,14,19H,2,5H2,1H3. The van der Waals surface area contributed by atoms with Crippen LogP contribution in [0.5, 0.6) is 0 Å². The van der Waals surface area contributed by atoms with Crippen molar-refractivity contribution in [2.24, 2.45) is 0 Å². The van der Waals surface area contributed by atoms with Crippen LogP contribution in [-0.4, -0.2) is 16.5 Å². The second kappa shape index (κ2) is 6.91. The predicted molar refractivity (Wildman–Crippen MR) is 81.3 cm³/mol. The molecular formula is C14H15FIN3. The largest absolute Gasteiger partial charge is 0.305 e. The second-order valence-electron chi connectivity index (χ2n) is 4.18. The van der Waals surface area contributed by atoms with Gasteiger partial charge < -0.3 is 5.32 Å². The monoisotopic (exact) mass is 371 g/mol. The Labute approximate surface area is 125 Å². The van der Waals surface area contributed by atoms with E-state index >= 15 is 0 Å². The van der Waals surface area contributed by atoms with E-state index in [1.807, 2.05) is 0 Å². The number of halogens is 2. The Balaban J connectivity index is 2.37. The number of hydrogen-bond donors (Lipinski definition) is 1. The fraction of sp³-hybridized carbons (Fsp3) is 0.286. The molecule has 0 bridgehead atoms. The van der Waals surface area contributed by atoms with E-state index in [2.05, 4.69) is 44.8 Å². The summed E-state index contributed by atoms with van der Waals surface area (Å²) in [6.07, 6.45) is 6.09. The lowest BCUT2D eigenvalue weighted by Crippen LogP contribution is -2.25. The van der Waals surface area contributed by atoms with Crippen LogP contribution in [0.4, 0.5) is 4.39 Å². The molecule has 1 unspecified atom stereocenters. The predicted octanol–water partition coefficient (Wildman–Crippen LogP) is 3.31. The molecular weight excluding hydrogens is 356 g/mol. The van der Waals surface area contributed by atoms with Crippen molar-refractivity contribution in [1.29, 1.82) is 0 Å². The third-order valence-electron chi connectivity index (χ3n) is 2.75. The number of rotatable bonds is 5.